The van der Waals surface area contributed by atoms with E-state index in [4.69, 9.17) is 0 Å². The molecule has 0 atom stereocenters. The maximum absolute atomic E-state index is 2.42. The highest BCUT2D eigenvalue weighted by Gasteiger charge is 2.44. The van der Waals surface area contributed by atoms with Gasteiger partial charge >= 0.3 is 0 Å². The predicted octanol–water partition coefficient (Wildman–Crippen LogP) is 10.9. The second kappa shape index (κ2) is 15.5. The van der Waals surface area contributed by atoms with Crippen molar-refractivity contribution in [3.8, 4) is 0 Å². The first kappa shape index (κ1) is 31.2. The van der Waals surface area contributed by atoms with Crippen LogP contribution in [0.4, 0.5) is 0 Å². The zero-order valence-electron chi connectivity index (χ0n) is 26.2. The molecule has 0 unspecified atom stereocenters. The third kappa shape index (κ3) is 8.27. The van der Waals surface area contributed by atoms with Crippen molar-refractivity contribution in [1.29, 1.82) is 0 Å². The molecule has 0 fully saturated rings. The van der Waals surface area contributed by atoms with Gasteiger partial charge in [-0.2, -0.15) is 0 Å². The SMILES string of the molecule is c1ccc(C[P+](CCC[P+](Cc2ccccc2)(Cc2ccccc2)c2ccccc2)(Cc2ccccc2)c2ccccc2)cc1. The van der Waals surface area contributed by atoms with E-state index in [1.54, 1.807) is 10.6 Å². The van der Waals surface area contributed by atoms with E-state index in [1.807, 2.05) is 0 Å². The normalized spacial score (nSPS) is 11.7. The lowest BCUT2D eigenvalue weighted by Crippen LogP contribution is -2.22. The van der Waals surface area contributed by atoms with Gasteiger partial charge in [-0.15, -0.1) is 0 Å². The van der Waals surface area contributed by atoms with Gasteiger partial charge in [0.25, 0.3) is 0 Å². The second-order valence-corrected chi connectivity index (χ2v) is 20.1. The van der Waals surface area contributed by atoms with Crippen molar-refractivity contribution in [2.24, 2.45) is 0 Å². The fraction of sp³-hybridized carbons (Fsp3) is 0.163. The van der Waals surface area contributed by atoms with Crippen LogP contribution < -0.4 is 10.6 Å². The monoisotopic (exact) mass is 622 g/mol. The Morgan fingerprint density at radius 3 is 0.733 bits per heavy atom. The number of rotatable bonds is 14. The Kier molecular flexibility index (Phi) is 10.7. The molecule has 45 heavy (non-hydrogen) atoms. The van der Waals surface area contributed by atoms with Crippen LogP contribution in [-0.2, 0) is 24.6 Å². The van der Waals surface area contributed by atoms with Crippen LogP contribution in [0, 0.1) is 0 Å². The summed E-state index contributed by atoms with van der Waals surface area (Å²) in [6, 6.07) is 68.1. The third-order valence-corrected chi connectivity index (χ3v) is 18.1. The van der Waals surface area contributed by atoms with Crippen LogP contribution in [0.1, 0.15) is 28.7 Å². The molecule has 0 saturated heterocycles. The topological polar surface area (TPSA) is 0 Å². The first-order chi connectivity index (χ1) is 22.2. The Bertz CT molecular complexity index is 1470. The minimum absolute atomic E-state index is 1.14. The molecule has 0 N–H and O–H groups in total. The summed E-state index contributed by atoms with van der Waals surface area (Å²) >= 11 is 0. The molecule has 6 aromatic rings. The number of hydrogen-bond donors (Lipinski definition) is 0. The molecule has 0 heterocycles. The minimum atomic E-state index is -1.62. The summed E-state index contributed by atoms with van der Waals surface area (Å²) in [5.74, 6) is 0. The fourth-order valence-electron chi connectivity index (χ4n) is 6.95. The van der Waals surface area contributed by atoms with Crippen LogP contribution >= 0.6 is 14.5 Å². The van der Waals surface area contributed by atoms with Gasteiger partial charge in [0.15, 0.2) is 0 Å². The van der Waals surface area contributed by atoms with Gasteiger partial charge < -0.3 is 0 Å². The number of benzene rings is 6. The molecule has 0 aliphatic carbocycles. The van der Waals surface area contributed by atoms with E-state index in [2.05, 4.69) is 182 Å². The molecular weight excluding hydrogens is 578 g/mol. The van der Waals surface area contributed by atoms with Crippen molar-refractivity contribution in [2.75, 3.05) is 12.3 Å². The van der Waals surface area contributed by atoms with E-state index in [-0.39, 0.29) is 0 Å². The van der Waals surface area contributed by atoms with Gasteiger partial charge in [0.2, 0.25) is 0 Å². The third-order valence-electron chi connectivity index (χ3n) is 9.09. The molecule has 0 aliphatic rings. The van der Waals surface area contributed by atoms with Gasteiger partial charge in [-0.1, -0.05) is 158 Å². The van der Waals surface area contributed by atoms with Crippen molar-refractivity contribution >= 4 is 25.1 Å². The highest BCUT2D eigenvalue weighted by atomic mass is 31.2. The van der Waals surface area contributed by atoms with Gasteiger partial charge in [0.05, 0.1) is 62.1 Å². The Morgan fingerprint density at radius 1 is 0.267 bits per heavy atom. The van der Waals surface area contributed by atoms with Gasteiger partial charge in [-0.3, -0.25) is 0 Å². The summed E-state index contributed by atoms with van der Waals surface area (Å²) in [4.78, 5) is 0. The zero-order valence-corrected chi connectivity index (χ0v) is 28.0. The second-order valence-electron chi connectivity index (χ2n) is 12.3. The summed E-state index contributed by atoms with van der Waals surface area (Å²) in [6.45, 7) is 0. The molecule has 0 radical (unpaired) electrons. The summed E-state index contributed by atoms with van der Waals surface area (Å²) in [5.41, 5.74) is 5.85. The Labute approximate surface area is 271 Å². The predicted molar refractivity (Wildman–Crippen MR) is 201 cm³/mol. The molecule has 0 aliphatic heterocycles. The summed E-state index contributed by atoms with van der Waals surface area (Å²) < 4.78 is 0. The van der Waals surface area contributed by atoms with Crippen LogP contribution in [0.15, 0.2) is 182 Å². The smallest absolute Gasteiger partial charge is 0.0622 e. The van der Waals surface area contributed by atoms with E-state index in [9.17, 15) is 0 Å². The summed E-state index contributed by atoms with van der Waals surface area (Å²) in [7, 11) is -3.23. The van der Waals surface area contributed by atoms with Gasteiger partial charge in [0.1, 0.15) is 0 Å². The average Bonchev–Trinajstić information content (AvgIpc) is 3.11. The van der Waals surface area contributed by atoms with Crippen molar-refractivity contribution in [3.63, 3.8) is 0 Å². The van der Waals surface area contributed by atoms with E-state index >= 15 is 0 Å². The first-order valence-corrected chi connectivity index (χ1v) is 20.9. The standard InChI is InChI=1S/C43H44P2/c1-7-20-38(21-8-1)34-44(42-28-15-5-16-29-42,35-39-22-9-2-10-23-39)32-19-33-45(43-30-17-6-18-31-43,36-40-24-11-3-12-25-40)37-41-26-13-4-14-27-41/h1-18,20-31H,19,32-37H2/q+2. The molecule has 0 amide bonds. The van der Waals surface area contributed by atoms with E-state index in [0.29, 0.717) is 0 Å². The molecular formula is C43H44P2+2. The maximum atomic E-state index is 2.42. The average molecular weight is 623 g/mol. The van der Waals surface area contributed by atoms with Crippen molar-refractivity contribution in [1.82, 2.24) is 0 Å². The highest BCUT2D eigenvalue weighted by Crippen LogP contribution is 2.67. The zero-order chi connectivity index (χ0) is 30.6. The van der Waals surface area contributed by atoms with Crippen LogP contribution in [0.25, 0.3) is 0 Å². The van der Waals surface area contributed by atoms with Crippen molar-refractivity contribution in [2.45, 2.75) is 31.1 Å². The largest absolute Gasteiger partial charge is 0.0946 e. The molecule has 2 heteroatoms. The van der Waals surface area contributed by atoms with Crippen LogP contribution in [0.3, 0.4) is 0 Å². The van der Waals surface area contributed by atoms with Gasteiger partial charge in [-0.25, -0.2) is 0 Å². The molecule has 0 nitrogen and oxygen atoms in total. The minimum Gasteiger partial charge on any atom is -0.0622 e. The van der Waals surface area contributed by atoms with Gasteiger partial charge in [-0.05, 0) is 46.5 Å². The molecule has 0 spiro atoms. The van der Waals surface area contributed by atoms with E-state index in [0.717, 1.165) is 24.6 Å². The quantitative estimate of drug-likeness (QED) is 0.106. The molecule has 0 saturated carbocycles. The number of hydrogen-bond acceptors (Lipinski definition) is 0. The Hall–Kier alpha value is -3.82. The van der Waals surface area contributed by atoms with Crippen LogP contribution in [0.2, 0.25) is 0 Å². The Morgan fingerprint density at radius 2 is 0.489 bits per heavy atom. The molecule has 6 aromatic carbocycles. The fourth-order valence-corrected chi connectivity index (χ4v) is 16.1. The lowest BCUT2D eigenvalue weighted by molar-refractivity contribution is 1.05. The van der Waals surface area contributed by atoms with Gasteiger partial charge in [0, 0.05) is 6.42 Å². The lowest BCUT2D eigenvalue weighted by Gasteiger charge is -2.31. The van der Waals surface area contributed by atoms with Crippen molar-refractivity contribution < 1.29 is 0 Å². The van der Waals surface area contributed by atoms with Crippen LogP contribution in [-0.4, -0.2) is 12.3 Å². The van der Waals surface area contributed by atoms with Crippen molar-refractivity contribution in [3.05, 3.63) is 204 Å². The molecule has 224 valence electrons. The highest BCUT2D eigenvalue weighted by molar-refractivity contribution is 7.82. The van der Waals surface area contributed by atoms with E-state index in [1.165, 1.54) is 41.0 Å². The van der Waals surface area contributed by atoms with Crippen LogP contribution in [0.5, 0.6) is 0 Å². The molecule has 0 aromatic heterocycles. The first-order valence-electron chi connectivity index (χ1n) is 16.2. The maximum Gasteiger partial charge on any atom is 0.0946 e. The summed E-state index contributed by atoms with van der Waals surface area (Å²) in [5, 5.41) is 3.12. The van der Waals surface area contributed by atoms with E-state index < -0.39 is 14.5 Å². The molecule has 0 bridgehead atoms. The molecule has 6 rings (SSSR count). The Balaban J connectivity index is 1.40. The lowest BCUT2D eigenvalue weighted by atomic mass is 10.2. The summed E-state index contributed by atoms with van der Waals surface area (Å²) in [6.07, 6.45) is 8.28.